The van der Waals surface area contributed by atoms with Crippen molar-refractivity contribution in [2.24, 2.45) is 0 Å². The average molecular weight is 299 g/mol. The highest BCUT2D eigenvalue weighted by molar-refractivity contribution is 6.07. The van der Waals surface area contributed by atoms with Gasteiger partial charge in [0.05, 0.1) is 28.6 Å². The Morgan fingerprint density at radius 3 is 2.43 bits per heavy atom. The van der Waals surface area contributed by atoms with E-state index in [-0.39, 0.29) is 11.3 Å². The van der Waals surface area contributed by atoms with E-state index in [0.29, 0.717) is 12.1 Å². The van der Waals surface area contributed by atoms with Gasteiger partial charge in [0.25, 0.3) is 5.91 Å². The summed E-state index contributed by atoms with van der Waals surface area (Å²) in [6.45, 7) is 0. The van der Waals surface area contributed by atoms with Gasteiger partial charge in [0.1, 0.15) is 6.26 Å². The number of hydrogen-bond acceptors (Lipinski definition) is 3. The highest BCUT2D eigenvalue weighted by atomic mass is 19.4. The number of aromatic carboxylic acids is 1. The molecule has 0 unspecified atom stereocenters. The SMILES string of the molecule is O=C(Nc1ccc(C(F)(F)F)cc1C(=O)O)c1ccoc1. The van der Waals surface area contributed by atoms with Crippen molar-refractivity contribution in [1.82, 2.24) is 0 Å². The smallest absolute Gasteiger partial charge is 0.416 e. The van der Waals surface area contributed by atoms with Crippen molar-refractivity contribution in [2.75, 3.05) is 5.32 Å². The molecule has 1 heterocycles. The minimum Gasteiger partial charge on any atom is -0.478 e. The van der Waals surface area contributed by atoms with Crippen molar-refractivity contribution < 1.29 is 32.3 Å². The van der Waals surface area contributed by atoms with E-state index in [2.05, 4.69) is 9.73 Å². The molecule has 0 bridgehead atoms. The Kier molecular flexibility index (Phi) is 3.70. The Labute approximate surface area is 116 Å². The third-order valence-corrected chi connectivity index (χ3v) is 2.61. The molecular formula is C13H8F3NO4. The first-order chi connectivity index (χ1) is 9.79. The first-order valence-corrected chi connectivity index (χ1v) is 5.57. The van der Waals surface area contributed by atoms with Crippen molar-refractivity contribution in [3.8, 4) is 0 Å². The van der Waals surface area contributed by atoms with Crippen LogP contribution in [0.15, 0.2) is 41.2 Å². The number of hydrogen-bond donors (Lipinski definition) is 2. The number of carbonyl (C=O) groups is 2. The van der Waals surface area contributed by atoms with Crippen LogP contribution in [0.2, 0.25) is 0 Å². The lowest BCUT2D eigenvalue weighted by molar-refractivity contribution is -0.137. The van der Waals surface area contributed by atoms with E-state index in [1.807, 2.05) is 0 Å². The van der Waals surface area contributed by atoms with Gasteiger partial charge >= 0.3 is 12.1 Å². The molecule has 0 radical (unpaired) electrons. The second kappa shape index (κ2) is 5.31. The lowest BCUT2D eigenvalue weighted by atomic mass is 10.1. The molecule has 1 amide bonds. The maximum Gasteiger partial charge on any atom is 0.416 e. The molecule has 5 nitrogen and oxygen atoms in total. The number of anilines is 1. The lowest BCUT2D eigenvalue weighted by Gasteiger charge is -2.11. The van der Waals surface area contributed by atoms with Gasteiger partial charge in [-0.3, -0.25) is 4.79 Å². The molecule has 0 aliphatic carbocycles. The fourth-order valence-corrected chi connectivity index (χ4v) is 1.59. The molecule has 2 rings (SSSR count). The van der Waals surface area contributed by atoms with Gasteiger partial charge < -0.3 is 14.8 Å². The first kappa shape index (κ1) is 14.6. The average Bonchev–Trinajstić information content (AvgIpc) is 2.91. The Bertz CT molecular complexity index is 677. The van der Waals surface area contributed by atoms with Crippen LogP contribution >= 0.6 is 0 Å². The minimum absolute atomic E-state index is 0.117. The summed E-state index contributed by atoms with van der Waals surface area (Å²) in [4.78, 5) is 22.8. The summed E-state index contributed by atoms with van der Waals surface area (Å²) in [5.41, 5.74) is -1.88. The Morgan fingerprint density at radius 1 is 1.19 bits per heavy atom. The predicted molar refractivity (Wildman–Crippen MR) is 65.1 cm³/mol. The van der Waals surface area contributed by atoms with Gasteiger partial charge in [-0.05, 0) is 24.3 Å². The van der Waals surface area contributed by atoms with Crippen molar-refractivity contribution in [3.63, 3.8) is 0 Å². The second-order valence-electron chi connectivity index (χ2n) is 4.03. The number of carboxylic acid groups (broad SMARTS) is 1. The lowest BCUT2D eigenvalue weighted by Crippen LogP contribution is -2.15. The van der Waals surface area contributed by atoms with Crippen LogP contribution in [0.1, 0.15) is 26.3 Å². The third-order valence-electron chi connectivity index (χ3n) is 2.61. The van der Waals surface area contributed by atoms with Crippen molar-refractivity contribution in [3.05, 3.63) is 53.5 Å². The van der Waals surface area contributed by atoms with E-state index >= 15 is 0 Å². The zero-order valence-electron chi connectivity index (χ0n) is 10.3. The summed E-state index contributed by atoms with van der Waals surface area (Å²) in [6.07, 6.45) is -2.31. The molecule has 2 aromatic rings. The van der Waals surface area contributed by atoms with Gasteiger partial charge in [-0.25, -0.2) is 4.79 Å². The maximum atomic E-state index is 12.6. The molecule has 0 aliphatic rings. The predicted octanol–water partition coefficient (Wildman–Crippen LogP) is 3.25. The topological polar surface area (TPSA) is 79.5 Å². The minimum atomic E-state index is -4.67. The van der Waals surface area contributed by atoms with E-state index in [9.17, 15) is 22.8 Å². The summed E-state index contributed by atoms with van der Waals surface area (Å²) in [7, 11) is 0. The quantitative estimate of drug-likeness (QED) is 0.911. The van der Waals surface area contributed by atoms with Crippen LogP contribution in [0.4, 0.5) is 18.9 Å². The number of carbonyl (C=O) groups excluding carboxylic acids is 1. The summed E-state index contributed by atoms with van der Waals surface area (Å²) in [6, 6.07) is 3.38. The zero-order valence-corrected chi connectivity index (χ0v) is 10.3. The number of carboxylic acids is 1. The van der Waals surface area contributed by atoms with E-state index in [0.717, 1.165) is 12.3 Å². The second-order valence-corrected chi connectivity index (χ2v) is 4.03. The highest BCUT2D eigenvalue weighted by Crippen LogP contribution is 2.32. The van der Waals surface area contributed by atoms with E-state index < -0.39 is 29.2 Å². The zero-order chi connectivity index (χ0) is 15.6. The standard InChI is InChI=1S/C13H8F3NO4/c14-13(15,16)8-1-2-10(9(5-8)12(19)20)17-11(18)7-3-4-21-6-7/h1-6H,(H,17,18)(H,19,20). The first-order valence-electron chi connectivity index (χ1n) is 5.57. The van der Waals surface area contributed by atoms with E-state index in [4.69, 9.17) is 5.11 Å². The molecule has 2 N–H and O–H groups in total. The molecule has 0 atom stereocenters. The van der Waals surface area contributed by atoms with Crippen molar-refractivity contribution >= 4 is 17.6 Å². The molecule has 1 aromatic heterocycles. The van der Waals surface area contributed by atoms with E-state index in [1.54, 1.807) is 0 Å². The Morgan fingerprint density at radius 2 is 1.90 bits per heavy atom. The monoisotopic (exact) mass is 299 g/mol. The van der Waals surface area contributed by atoms with Crippen LogP contribution < -0.4 is 5.32 Å². The summed E-state index contributed by atoms with van der Waals surface area (Å²) < 4.78 is 42.4. The van der Waals surface area contributed by atoms with E-state index in [1.165, 1.54) is 12.3 Å². The van der Waals surface area contributed by atoms with Crippen LogP contribution in [0, 0.1) is 0 Å². The molecule has 21 heavy (non-hydrogen) atoms. The molecule has 1 aromatic carbocycles. The number of amides is 1. The van der Waals surface area contributed by atoms with Crippen LogP contribution in [0.5, 0.6) is 0 Å². The number of halogens is 3. The molecule has 8 heteroatoms. The van der Waals surface area contributed by atoms with Crippen LogP contribution in [-0.2, 0) is 6.18 Å². The van der Waals surface area contributed by atoms with Crippen LogP contribution in [-0.4, -0.2) is 17.0 Å². The number of alkyl halides is 3. The number of benzene rings is 1. The third kappa shape index (κ3) is 3.22. The summed E-state index contributed by atoms with van der Waals surface area (Å²) in [5.74, 6) is -2.27. The highest BCUT2D eigenvalue weighted by Gasteiger charge is 2.32. The number of nitrogens with one attached hydrogen (secondary N) is 1. The van der Waals surface area contributed by atoms with Gasteiger partial charge in [0.15, 0.2) is 0 Å². The van der Waals surface area contributed by atoms with Gasteiger partial charge in [0, 0.05) is 0 Å². The van der Waals surface area contributed by atoms with Gasteiger partial charge in [-0.2, -0.15) is 13.2 Å². The molecule has 110 valence electrons. The molecule has 0 spiro atoms. The number of rotatable bonds is 3. The molecule has 0 fully saturated rings. The van der Waals surface area contributed by atoms with Gasteiger partial charge in [-0.15, -0.1) is 0 Å². The van der Waals surface area contributed by atoms with Gasteiger partial charge in [0.2, 0.25) is 0 Å². The summed E-state index contributed by atoms with van der Waals surface area (Å²) in [5, 5.41) is 11.2. The molecule has 0 aliphatic heterocycles. The molecular weight excluding hydrogens is 291 g/mol. The molecule has 0 saturated heterocycles. The fraction of sp³-hybridized carbons (Fsp3) is 0.0769. The Balaban J connectivity index is 2.35. The fourth-order valence-electron chi connectivity index (χ4n) is 1.59. The van der Waals surface area contributed by atoms with Gasteiger partial charge in [-0.1, -0.05) is 0 Å². The van der Waals surface area contributed by atoms with Crippen LogP contribution in [0.25, 0.3) is 0 Å². The maximum absolute atomic E-state index is 12.6. The normalized spacial score (nSPS) is 11.2. The largest absolute Gasteiger partial charge is 0.478 e. The van der Waals surface area contributed by atoms with Crippen LogP contribution in [0.3, 0.4) is 0 Å². The van der Waals surface area contributed by atoms with Crippen molar-refractivity contribution in [1.29, 1.82) is 0 Å². The molecule has 0 saturated carbocycles. The Hall–Kier alpha value is -2.77. The summed E-state index contributed by atoms with van der Waals surface area (Å²) >= 11 is 0. The number of furan rings is 1. The van der Waals surface area contributed by atoms with Crippen molar-refractivity contribution in [2.45, 2.75) is 6.18 Å².